The molecule has 0 saturated heterocycles. The highest BCUT2D eigenvalue weighted by molar-refractivity contribution is 6.00. The van der Waals surface area contributed by atoms with Crippen molar-refractivity contribution < 1.29 is 4.79 Å². The summed E-state index contributed by atoms with van der Waals surface area (Å²) in [6.07, 6.45) is 0. The Morgan fingerprint density at radius 2 is 1.76 bits per heavy atom. The van der Waals surface area contributed by atoms with Crippen LogP contribution in [0.2, 0.25) is 0 Å². The molecule has 112 valence electrons. The molecule has 0 aliphatic heterocycles. The fraction of sp³-hybridized carbons (Fsp3) is 0.389. The van der Waals surface area contributed by atoms with E-state index in [1.807, 2.05) is 37.3 Å². The summed E-state index contributed by atoms with van der Waals surface area (Å²) in [5.74, 6) is 0.135. The SMILES string of the molecule is Cc1ccc(NCC(=O)c2cc(C)n(C(C)C)c2C)cc1. The van der Waals surface area contributed by atoms with E-state index in [1.165, 1.54) is 5.56 Å². The van der Waals surface area contributed by atoms with Gasteiger partial charge in [-0.2, -0.15) is 0 Å². The summed E-state index contributed by atoms with van der Waals surface area (Å²) >= 11 is 0. The van der Waals surface area contributed by atoms with E-state index >= 15 is 0 Å². The fourth-order valence-electron chi connectivity index (χ4n) is 2.80. The number of benzene rings is 1. The predicted molar refractivity (Wildman–Crippen MR) is 88.3 cm³/mol. The maximum absolute atomic E-state index is 12.4. The largest absolute Gasteiger partial charge is 0.378 e. The van der Waals surface area contributed by atoms with E-state index in [0.717, 1.165) is 22.6 Å². The minimum Gasteiger partial charge on any atom is -0.378 e. The van der Waals surface area contributed by atoms with Crippen molar-refractivity contribution in [2.45, 2.75) is 40.7 Å². The zero-order chi connectivity index (χ0) is 15.6. The van der Waals surface area contributed by atoms with Crippen molar-refractivity contribution in [3.8, 4) is 0 Å². The smallest absolute Gasteiger partial charge is 0.183 e. The van der Waals surface area contributed by atoms with Crippen LogP contribution in [0.5, 0.6) is 0 Å². The van der Waals surface area contributed by atoms with Gasteiger partial charge in [-0.3, -0.25) is 4.79 Å². The van der Waals surface area contributed by atoms with Gasteiger partial charge in [0.2, 0.25) is 0 Å². The van der Waals surface area contributed by atoms with Crippen LogP contribution in [0, 0.1) is 20.8 Å². The van der Waals surface area contributed by atoms with Crippen molar-refractivity contribution in [2.75, 3.05) is 11.9 Å². The summed E-state index contributed by atoms with van der Waals surface area (Å²) in [4.78, 5) is 12.4. The Morgan fingerprint density at radius 3 is 2.29 bits per heavy atom. The number of aryl methyl sites for hydroxylation is 2. The Morgan fingerprint density at radius 1 is 1.14 bits per heavy atom. The van der Waals surface area contributed by atoms with Crippen LogP contribution in [-0.4, -0.2) is 16.9 Å². The van der Waals surface area contributed by atoms with Gasteiger partial charge in [0.15, 0.2) is 5.78 Å². The lowest BCUT2D eigenvalue weighted by Crippen LogP contribution is -2.15. The molecule has 2 rings (SSSR count). The van der Waals surface area contributed by atoms with Crippen LogP contribution in [0.4, 0.5) is 5.69 Å². The molecule has 3 nitrogen and oxygen atoms in total. The summed E-state index contributed by atoms with van der Waals surface area (Å²) in [6.45, 7) is 10.7. The summed E-state index contributed by atoms with van der Waals surface area (Å²) in [6, 6.07) is 10.4. The first kappa shape index (κ1) is 15.4. The third kappa shape index (κ3) is 3.35. The highest BCUT2D eigenvalue weighted by atomic mass is 16.1. The van der Waals surface area contributed by atoms with Gasteiger partial charge in [0.1, 0.15) is 0 Å². The van der Waals surface area contributed by atoms with E-state index in [0.29, 0.717) is 12.6 Å². The maximum atomic E-state index is 12.4. The minimum atomic E-state index is 0.135. The van der Waals surface area contributed by atoms with E-state index in [9.17, 15) is 4.79 Å². The average Bonchev–Trinajstić information content (AvgIpc) is 2.73. The number of hydrogen-bond donors (Lipinski definition) is 1. The average molecular weight is 284 g/mol. The lowest BCUT2D eigenvalue weighted by atomic mass is 10.1. The molecule has 21 heavy (non-hydrogen) atoms. The second kappa shape index (κ2) is 6.17. The molecule has 0 unspecified atom stereocenters. The van der Waals surface area contributed by atoms with Gasteiger partial charge in [-0.15, -0.1) is 0 Å². The molecule has 0 aliphatic rings. The Balaban J connectivity index is 2.10. The second-order valence-corrected chi connectivity index (χ2v) is 5.89. The number of carbonyl (C=O) groups is 1. The highest BCUT2D eigenvalue weighted by Gasteiger charge is 2.16. The van der Waals surface area contributed by atoms with Gasteiger partial charge in [0.25, 0.3) is 0 Å². The molecule has 0 atom stereocenters. The normalized spacial score (nSPS) is 11.0. The Hall–Kier alpha value is -2.03. The number of rotatable bonds is 5. The molecule has 0 bridgehead atoms. The van der Waals surface area contributed by atoms with Gasteiger partial charge in [-0.1, -0.05) is 17.7 Å². The number of nitrogens with zero attached hydrogens (tertiary/aromatic N) is 1. The van der Waals surface area contributed by atoms with Crippen LogP contribution in [0.3, 0.4) is 0 Å². The molecule has 0 aliphatic carbocycles. The Labute approximate surface area is 127 Å². The van der Waals surface area contributed by atoms with Crippen molar-refractivity contribution >= 4 is 11.5 Å². The molecule has 1 heterocycles. The first-order valence-corrected chi connectivity index (χ1v) is 7.42. The van der Waals surface area contributed by atoms with Crippen molar-refractivity contribution in [1.82, 2.24) is 4.57 Å². The molecule has 3 heteroatoms. The Kier molecular flexibility index (Phi) is 4.51. The molecule has 1 aromatic heterocycles. The van der Waals surface area contributed by atoms with Gasteiger partial charge >= 0.3 is 0 Å². The van der Waals surface area contributed by atoms with Gasteiger partial charge in [-0.25, -0.2) is 0 Å². The number of ketones is 1. The van der Waals surface area contributed by atoms with Crippen molar-refractivity contribution in [2.24, 2.45) is 0 Å². The molecule has 1 N–H and O–H groups in total. The van der Waals surface area contributed by atoms with Gasteiger partial charge < -0.3 is 9.88 Å². The first-order chi connectivity index (χ1) is 9.90. The van der Waals surface area contributed by atoms with E-state index in [2.05, 4.69) is 37.6 Å². The lowest BCUT2D eigenvalue weighted by molar-refractivity contribution is 0.101. The van der Waals surface area contributed by atoms with E-state index in [4.69, 9.17) is 0 Å². The number of Topliss-reactive ketones (excluding diaryl/α,β-unsaturated/α-hetero) is 1. The number of carbonyl (C=O) groups excluding carboxylic acids is 1. The van der Waals surface area contributed by atoms with Crippen LogP contribution in [0.1, 0.15) is 47.2 Å². The molecule has 2 aromatic rings. The number of nitrogens with one attached hydrogen (secondary N) is 1. The molecular formula is C18H24N2O. The molecule has 0 fully saturated rings. The maximum Gasteiger partial charge on any atom is 0.183 e. The standard InChI is InChI=1S/C18H24N2O/c1-12(2)20-14(4)10-17(15(20)5)18(21)11-19-16-8-6-13(3)7-9-16/h6-10,12,19H,11H2,1-5H3. The molecule has 1 aromatic carbocycles. The number of anilines is 1. The summed E-state index contributed by atoms with van der Waals surface area (Å²) in [5.41, 5.74) is 5.21. The first-order valence-electron chi connectivity index (χ1n) is 7.42. The van der Waals surface area contributed by atoms with Crippen LogP contribution < -0.4 is 5.32 Å². The third-order valence-electron chi connectivity index (χ3n) is 3.81. The van der Waals surface area contributed by atoms with E-state index < -0.39 is 0 Å². The number of hydrogen-bond acceptors (Lipinski definition) is 2. The van der Waals surface area contributed by atoms with Crippen molar-refractivity contribution in [3.05, 3.63) is 52.8 Å². The topological polar surface area (TPSA) is 34.0 Å². The van der Waals surface area contributed by atoms with Crippen molar-refractivity contribution in [1.29, 1.82) is 0 Å². The van der Waals surface area contributed by atoms with Crippen LogP contribution in [-0.2, 0) is 0 Å². The van der Waals surface area contributed by atoms with Crippen LogP contribution in [0.15, 0.2) is 30.3 Å². The molecular weight excluding hydrogens is 260 g/mol. The monoisotopic (exact) mass is 284 g/mol. The van der Waals surface area contributed by atoms with Crippen LogP contribution >= 0.6 is 0 Å². The number of aromatic nitrogens is 1. The molecule has 0 saturated carbocycles. The molecule has 0 radical (unpaired) electrons. The van der Waals surface area contributed by atoms with Gasteiger partial charge in [0, 0.05) is 28.7 Å². The minimum absolute atomic E-state index is 0.135. The quantitative estimate of drug-likeness (QED) is 0.831. The molecule has 0 spiro atoms. The van der Waals surface area contributed by atoms with Gasteiger partial charge in [-0.05, 0) is 52.8 Å². The second-order valence-electron chi connectivity index (χ2n) is 5.89. The highest BCUT2D eigenvalue weighted by Crippen LogP contribution is 2.20. The molecule has 0 amide bonds. The van der Waals surface area contributed by atoms with E-state index in [1.54, 1.807) is 0 Å². The predicted octanol–water partition coefficient (Wildman–Crippen LogP) is 4.29. The third-order valence-corrected chi connectivity index (χ3v) is 3.81. The summed E-state index contributed by atoms with van der Waals surface area (Å²) in [7, 11) is 0. The Bertz CT molecular complexity index is 636. The van der Waals surface area contributed by atoms with Gasteiger partial charge in [0.05, 0.1) is 6.54 Å². The summed E-state index contributed by atoms with van der Waals surface area (Å²) < 4.78 is 2.21. The van der Waals surface area contributed by atoms with E-state index in [-0.39, 0.29) is 5.78 Å². The zero-order valence-electron chi connectivity index (χ0n) is 13.5. The van der Waals surface area contributed by atoms with Crippen LogP contribution in [0.25, 0.3) is 0 Å². The zero-order valence-corrected chi connectivity index (χ0v) is 13.5. The summed E-state index contributed by atoms with van der Waals surface area (Å²) in [5, 5.41) is 3.20. The van der Waals surface area contributed by atoms with Crippen molar-refractivity contribution in [3.63, 3.8) is 0 Å². The fourth-order valence-corrected chi connectivity index (χ4v) is 2.80. The lowest BCUT2D eigenvalue weighted by Gasteiger charge is -2.13.